The number of rotatable bonds is 5. The van der Waals surface area contributed by atoms with Gasteiger partial charge in [0.15, 0.2) is 0 Å². The standard InChI is InChI=1S/C19H31N3O3/c1-11(2)8-13-16(24)22(17(25)20-13)10-15(23)21-14-9-12-6-7-19(14,5)18(12,3)4/h11-14H,6-10H2,1-5H3,(H,20,25)(H,21,23). The Kier molecular flexibility index (Phi) is 4.36. The highest BCUT2D eigenvalue weighted by molar-refractivity contribution is 6.06. The average Bonchev–Trinajstić information content (AvgIpc) is 2.95. The van der Waals surface area contributed by atoms with Gasteiger partial charge in [0, 0.05) is 6.04 Å². The molecule has 0 aromatic carbocycles. The summed E-state index contributed by atoms with van der Waals surface area (Å²) >= 11 is 0. The number of fused-ring (bicyclic) bond motifs is 2. The fraction of sp³-hybridized carbons (Fsp3) is 0.842. The van der Waals surface area contributed by atoms with Crippen LogP contribution in [0.3, 0.4) is 0 Å². The van der Waals surface area contributed by atoms with Crippen LogP contribution in [0.4, 0.5) is 4.79 Å². The van der Waals surface area contributed by atoms with Crippen LogP contribution >= 0.6 is 0 Å². The molecule has 0 radical (unpaired) electrons. The van der Waals surface area contributed by atoms with Crippen molar-refractivity contribution in [3.05, 3.63) is 0 Å². The Labute approximate surface area is 150 Å². The number of carbonyl (C=O) groups is 3. The molecule has 3 rings (SSSR count). The molecule has 6 heteroatoms. The quantitative estimate of drug-likeness (QED) is 0.748. The minimum Gasteiger partial charge on any atom is -0.351 e. The van der Waals surface area contributed by atoms with E-state index in [4.69, 9.17) is 0 Å². The number of carbonyl (C=O) groups excluding carboxylic acids is 3. The molecule has 2 bridgehead atoms. The fourth-order valence-corrected chi connectivity index (χ4v) is 5.16. The maximum Gasteiger partial charge on any atom is 0.325 e. The molecule has 2 aliphatic carbocycles. The molecule has 25 heavy (non-hydrogen) atoms. The van der Waals surface area contributed by atoms with Crippen LogP contribution in [-0.2, 0) is 9.59 Å². The van der Waals surface area contributed by atoms with E-state index >= 15 is 0 Å². The normalized spacial score (nSPS) is 36.2. The van der Waals surface area contributed by atoms with Crippen molar-refractivity contribution in [1.29, 1.82) is 0 Å². The maximum atomic E-state index is 12.5. The van der Waals surface area contributed by atoms with Crippen LogP contribution in [0.1, 0.15) is 60.3 Å². The summed E-state index contributed by atoms with van der Waals surface area (Å²) in [4.78, 5) is 38.0. The van der Waals surface area contributed by atoms with Crippen molar-refractivity contribution < 1.29 is 14.4 Å². The number of urea groups is 1. The Morgan fingerprint density at radius 2 is 2.00 bits per heavy atom. The molecular weight excluding hydrogens is 318 g/mol. The third-order valence-corrected chi connectivity index (χ3v) is 7.25. The number of nitrogens with zero attached hydrogens (tertiary/aromatic N) is 1. The Morgan fingerprint density at radius 3 is 2.52 bits per heavy atom. The molecule has 140 valence electrons. The Bertz CT molecular complexity index is 601. The lowest BCUT2D eigenvalue weighted by Crippen LogP contribution is -2.50. The van der Waals surface area contributed by atoms with Crippen molar-refractivity contribution in [3.8, 4) is 0 Å². The van der Waals surface area contributed by atoms with Gasteiger partial charge in [0.1, 0.15) is 12.6 Å². The highest BCUT2D eigenvalue weighted by atomic mass is 16.2. The fourth-order valence-electron chi connectivity index (χ4n) is 5.16. The van der Waals surface area contributed by atoms with Crippen molar-refractivity contribution in [3.63, 3.8) is 0 Å². The molecule has 1 aliphatic heterocycles. The lowest BCUT2D eigenvalue weighted by atomic mass is 9.69. The topological polar surface area (TPSA) is 78.5 Å². The summed E-state index contributed by atoms with van der Waals surface area (Å²) < 4.78 is 0. The van der Waals surface area contributed by atoms with Crippen molar-refractivity contribution in [2.75, 3.05) is 6.54 Å². The lowest BCUT2D eigenvalue weighted by Gasteiger charge is -2.39. The molecule has 0 aromatic rings. The van der Waals surface area contributed by atoms with Gasteiger partial charge in [-0.25, -0.2) is 4.79 Å². The van der Waals surface area contributed by atoms with Gasteiger partial charge in [-0.05, 0) is 48.3 Å². The Hall–Kier alpha value is -1.59. The number of imide groups is 1. The van der Waals surface area contributed by atoms with Crippen LogP contribution in [0.25, 0.3) is 0 Å². The van der Waals surface area contributed by atoms with E-state index in [9.17, 15) is 14.4 Å². The zero-order valence-electron chi connectivity index (χ0n) is 16.0. The maximum absolute atomic E-state index is 12.5. The predicted molar refractivity (Wildman–Crippen MR) is 94.6 cm³/mol. The van der Waals surface area contributed by atoms with Crippen LogP contribution in [0.2, 0.25) is 0 Å². The molecular formula is C19H31N3O3. The molecule has 3 aliphatic rings. The van der Waals surface area contributed by atoms with Crippen LogP contribution < -0.4 is 10.6 Å². The van der Waals surface area contributed by atoms with E-state index in [1.807, 2.05) is 13.8 Å². The monoisotopic (exact) mass is 349 g/mol. The van der Waals surface area contributed by atoms with E-state index in [1.54, 1.807) is 0 Å². The number of hydrogen-bond acceptors (Lipinski definition) is 3. The van der Waals surface area contributed by atoms with Gasteiger partial charge in [0.25, 0.3) is 5.91 Å². The molecule has 3 fully saturated rings. The largest absolute Gasteiger partial charge is 0.351 e. The van der Waals surface area contributed by atoms with Gasteiger partial charge in [-0.1, -0.05) is 34.6 Å². The van der Waals surface area contributed by atoms with Gasteiger partial charge >= 0.3 is 6.03 Å². The first-order valence-corrected chi connectivity index (χ1v) is 9.47. The summed E-state index contributed by atoms with van der Waals surface area (Å²) in [5.74, 6) is 0.422. The van der Waals surface area contributed by atoms with E-state index in [0.717, 1.165) is 17.7 Å². The Morgan fingerprint density at radius 1 is 1.32 bits per heavy atom. The average molecular weight is 349 g/mol. The number of nitrogens with one attached hydrogen (secondary N) is 2. The molecule has 6 nitrogen and oxygen atoms in total. The van der Waals surface area contributed by atoms with Crippen molar-refractivity contribution in [1.82, 2.24) is 15.5 Å². The number of amides is 4. The van der Waals surface area contributed by atoms with Gasteiger partial charge in [0.05, 0.1) is 0 Å². The first kappa shape index (κ1) is 18.2. The van der Waals surface area contributed by atoms with Gasteiger partial charge in [-0.2, -0.15) is 0 Å². The Balaban J connectivity index is 1.60. The van der Waals surface area contributed by atoms with Crippen LogP contribution in [0, 0.1) is 22.7 Å². The third kappa shape index (κ3) is 2.83. The summed E-state index contributed by atoms with van der Waals surface area (Å²) in [7, 11) is 0. The number of hydrogen-bond donors (Lipinski definition) is 2. The second-order valence-corrected chi connectivity index (χ2v) is 9.29. The predicted octanol–water partition coefficient (Wildman–Crippen LogP) is 2.28. The summed E-state index contributed by atoms with van der Waals surface area (Å²) in [5, 5.41) is 5.81. The molecule has 4 atom stereocenters. The van der Waals surface area contributed by atoms with E-state index in [1.165, 1.54) is 6.42 Å². The van der Waals surface area contributed by atoms with Gasteiger partial charge in [-0.3, -0.25) is 14.5 Å². The van der Waals surface area contributed by atoms with Gasteiger partial charge in [0.2, 0.25) is 5.91 Å². The van der Waals surface area contributed by atoms with Crippen molar-refractivity contribution >= 4 is 17.8 Å². The highest BCUT2D eigenvalue weighted by Gasteiger charge is 2.61. The van der Waals surface area contributed by atoms with E-state index in [2.05, 4.69) is 31.4 Å². The summed E-state index contributed by atoms with van der Waals surface area (Å²) in [5.41, 5.74) is 0.304. The third-order valence-electron chi connectivity index (χ3n) is 7.25. The van der Waals surface area contributed by atoms with Gasteiger partial charge in [-0.15, -0.1) is 0 Å². The van der Waals surface area contributed by atoms with E-state index in [0.29, 0.717) is 18.3 Å². The van der Waals surface area contributed by atoms with Crippen LogP contribution in [0.15, 0.2) is 0 Å². The molecule has 0 aromatic heterocycles. The molecule has 1 saturated heterocycles. The molecule has 4 unspecified atom stereocenters. The molecule has 0 spiro atoms. The van der Waals surface area contributed by atoms with Crippen molar-refractivity contribution in [2.24, 2.45) is 22.7 Å². The molecule has 1 heterocycles. The second-order valence-electron chi connectivity index (χ2n) is 9.29. The zero-order valence-corrected chi connectivity index (χ0v) is 16.0. The molecule has 4 amide bonds. The summed E-state index contributed by atoms with van der Waals surface area (Å²) in [6.07, 6.45) is 3.93. The first-order chi connectivity index (χ1) is 11.6. The van der Waals surface area contributed by atoms with Crippen LogP contribution in [0.5, 0.6) is 0 Å². The zero-order chi connectivity index (χ0) is 18.6. The van der Waals surface area contributed by atoms with Crippen molar-refractivity contribution in [2.45, 2.75) is 72.4 Å². The van der Waals surface area contributed by atoms with Gasteiger partial charge < -0.3 is 10.6 Å². The highest BCUT2D eigenvalue weighted by Crippen LogP contribution is 2.65. The molecule has 2 N–H and O–H groups in total. The summed E-state index contributed by atoms with van der Waals surface area (Å²) in [6, 6.07) is -0.828. The van der Waals surface area contributed by atoms with E-state index in [-0.39, 0.29) is 35.2 Å². The lowest BCUT2D eigenvalue weighted by molar-refractivity contribution is -0.133. The molecule has 2 saturated carbocycles. The smallest absolute Gasteiger partial charge is 0.325 e. The first-order valence-electron chi connectivity index (χ1n) is 9.47. The SMILES string of the molecule is CC(C)CC1NC(=O)N(CC(=O)NC2CC3CCC2(C)C3(C)C)C1=O. The van der Waals surface area contributed by atoms with E-state index < -0.39 is 12.1 Å². The minimum absolute atomic E-state index is 0.0881. The van der Waals surface area contributed by atoms with Crippen LogP contribution in [-0.4, -0.2) is 41.4 Å². The second kappa shape index (κ2) is 5.99. The summed E-state index contributed by atoms with van der Waals surface area (Å²) in [6.45, 7) is 10.7. The minimum atomic E-state index is -0.501.